The van der Waals surface area contributed by atoms with Crippen molar-refractivity contribution in [1.29, 1.82) is 0 Å². The predicted molar refractivity (Wildman–Crippen MR) is 63.6 cm³/mol. The summed E-state index contributed by atoms with van der Waals surface area (Å²) in [5.41, 5.74) is 2.12. The van der Waals surface area contributed by atoms with Gasteiger partial charge < -0.3 is 9.72 Å². The molecule has 0 aliphatic rings. The number of fused-ring (bicyclic) bond motifs is 1. The number of aryl methyl sites for hydroxylation is 1. The van der Waals surface area contributed by atoms with E-state index in [1.54, 1.807) is 0 Å². The van der Waals surface area contributed by atoms with Crippen molar-refractivity contribution in [2.75, 3.05) is 7.11 Å². The van der Waals surface area contributed by atoms with Crippen LogP contribution in [0.2, 0.25) is 5.02 Å². The number of methoxy groups -OCH3 is 1. The molecule has 0 unspecified atom stereocenters. The highest BCUT2D eigenvalue weighted by Gasteiger charge is 2.07. The maximum atomic E-state index is 11.1. The summed E-state index contributed by atoms with van der Waals surface area (Å²) in [6.45, 7) is 0. The van der Waals surface area contributed by atoms with Crippen molar-refractivity contribution in [2.24, 2.45) is 0 Å². The van der Waals surface area contributed by atoms with Gasteiger partial charge in [-0.05, 0) is 30.2 Å². The average molecular weight is 238 g/mol. The first-order valence-corrected chi connectivity index (χ1v) is 5.41. The number of rotatable bonds is 3. The van der Waals surface area contributed by atoms with Gasteiger partial charge in [-0.1, -0.05) is 11.6 Å². The molecule has 1 heterocycles. The number of carbonyl (C=O) groups excluding carboxylic acids is 1. The number of H-pyrrole nitrogens is 1. The second-order valence-corrected chi connectivity index (χ2v) is 4.02. The molecule has 0 fully saturated rings. The minimum absolute atomic E-state index is 0.198. The summed E-state index contributed by atoms with van der Waals surface area (Å²) in [6, 6.07) is 5.67. The van der Waals surface area contributed by atoms with E-state index < -0.39 is 0 Å². The molecule has 0 spiro atoms. The molecule has 0 amide bonds. The number of esters is 1. The Morgan fingerprint density at radius 1 is 1.50 bits per heavy atom. The van der Waals surface area contributed by atoms with Crippen LogP contribution in [0.25, 0.3) is 10.9 Å². The second kappa shape index (κ2) is 4.58. The monoisotopic (exact) mass is 237 g/mol. The summed E-state index contributed by atoms with van der Waals surface area (Å²) in [7, 11) is 1.40. The average Bonchev–Trinajstić information content (AvgIpc) is 2.68. The van der Waals surface area contributed by atoms with Gasteiger partial charge >= 0.3 is 5.97 Å². The molecular weight excluding hydrogens is 226 g/mol. The Morgan fingerprint density at radius 3 is 3.06 bits per heavy atom. The number of nitrogens with one attached hydrogen (secondary N) is 1. The third-order valence-corrected chi connectivity index (χ3v) is 2.79. The number of aromatic nitrogens is 1. The quantitative estimate of drug-likeness (QED) is 0.834. The van der Waals surface area contributed by atoms with Crippen LogP contribution in [0.15, 0.2) is 24.4 Å². The van der Waals surface area contributed by atoms with Gasteiger partial charge in [0.2, 0.25) is 0 Å². The van der Waals surface area contributed by atoms with Crippen LogP contribution in [0.5, 0.6) is 0 Å². The fraction of sp³-hybridized carbons (Fsp3) is 0.250. The molecular formula is C12H12ClNO2. The lowest BCUT2D eigenvalue weighted by molar-refractivity contribution is -0.140. The molecule has 84 valence electrons. The van der Waals surface area contributed by atoms with E-state index in [-0.39, 0.29) is 5.97 Å². The smallest absolute Gasteiger partial charge is 0.305 e. The molecule has 0 radical (unpaired) electrons. The number of benzene rings is 1. The van der Waals surface area contributed by atoms with Crippen molar-refractivity contribution in [3.05, 3.63) is 35.0 Å². The van der Waals surface area contributed by atoms with Gasteiger partial charge in [0.1, 0.15) is 0 Å². The summed E-state index contributed by atoms with van der Waals surface area (Å²) >= 11 is 5.93. The fourth-order valence-corrected chi connectivity index (χ4v) is 1.87. The molecule has 0 bridgehead atoms. The highest BCUT2D eigenvalue weighted by molar-refractivity contribution is 6.31. The van der Waals surface area contributed by atoms with Gasteiger partial charge in [-0.15, -0.1) is 0 Å². The van der Waals surface area contributed by atoms with Crippen LogP contribution < -0.4 is 0 Å². The van der Waals surface area contributed by atoms with Gasteiger partial charge in [-0.3, -0.25) is 4.79 Å². The number of hydrogen-bond donors (Lipinski definition) is 1. The summed E-state index contributed by atoms with van der Waals surface area (Å²) in [6.07, 6.45) is 2.95. The van der Waals surface area contributed by atoms with E-state index in [1.165, 1.54) is 7.11 Å². The van der Waals surface area contributed by atoms with Crippen molar-refractivity contribution < 1.29 is 9.53 Å². The van der Waals surface area contributed by atoms with E-state index in [2.05, 4.69) is 9.72 Å². The summed E-state index contributed by atoms with van der Waals surface area (Å²) < 4.78 is 4.61. The molecule has 1 N–H and O–H groups in total. The van der Waals surface area contributed by atoms with Gasteiger partial charge in [0.25, 0.3) is 0 Å². The molecule has 4 heteroatoms. The molecule has 0 saturated heterocycles. The van der Waals surface area contributed by atoms with E-state index in [1.807, 2.05) is 24.4 Å². The molecule has 2 rings (SSSR count). The molecule has 0 saturated carbocycles. The highest BCUT2D eigenvalue weighted by Crippen LogP contribution is 2.23. The zero-order valence-corrected chi connectivity index (χ0v) is 9.67. The zero-order chi connectivity index (χ0) is 11.5. The van der Waals surface area contributed by atoms with Crippen molar-refractivity contribution in [2.45, 2.75) is 12.8 Å². The normalized spacial score (nSPS) is 10.6. The lowest BCUT2D eigenvalue weighted by atomic mass is 10.1. The highest BCUT2D eigenvalue weighted by atomic mass is 35.5. The van der Waals surface area contributed by atoms with E-state index in [0.717, 1.165) is 16.5 Å². The molecule has 2 aromatic rings. The Balaban J connectivity index is 2.24. The van der Waals surface area contributed by atoms with Gasteiger partial charge in [0.05, 0.1) is 7.11 Å². The van der Waals surface area contributed by atoms with Crippen molar-refractivity contribution >= 4 is 28.5 Å². The van der Waals surface area contributed by atoms with Crippen LogP contribution in [0.1, 0.15) is 12.0 Å². The summed E-state index contributed by atoms with van der Waals surface area (Å²) in [4.78, 5) is 14.2. The first-order valence-electron chi connectivity index (χ1n) is 5.03. The van der Waals surface area contributed by atoms with Crippen LogP contribution in [-0.4, -0.2) is 18.1 Å². The van der Waals surface area contributed by atoms with E-state index >= 15 is 0 Å². The largest absolute Gasteiger partial charge is 0.469 e. The first kappa shape index (κ1) is 11.0. The van der Waals surface area contributed by atoms with E-state index in [4.69, 9.17) is 11.6 Å². The lowest BCUT2D eigenvalue weighted by Crippen LogP contribution is -2.01. The number of carbonyl (C=O) groups is 1. The van der Waals surface area contributed by atoms with Crippen LogP contribution >= 0.6 is 11.6 Å². The SMILES string of the molecule is COC(=O)CCc1c[nH]c2ccc(Cl)cc12. The third kappa shape index (κ3) is 2.19. The van der Waals surface area contributed by atoms with Gasteiger partial charge in [0, 0.05) is 28.5 Å². The minimum atomic E-state index is -0.198. The molecule has 3 nitrogen and oxygen atoms in total. The summed E-state index contributed by atoms with van der Waals surface area (Å²) in [5.74, 6) is -0.198. The van der Waals surface area contributed by atoms with Crippen molar-refractivity contribution in [3.63, 3.8) is 0 Å². The van der Waals surface area contributed by atoms with Gasteiger partial charge in [-0.25, -0.2) is 0 Å². The van der Waals surface area contributed by atoms with E-state index in [9.17, 15) is 4.79 Å². The fourth-order valence-electron chi connectivity index (χ4n) is 1.70. The predicted octanol–water partition coefficient (Wildman–Crippen LogP) is 2.93. The Bertz CT molecular complexity index is 519. The Kier molecular flexibility index (Phi) is 3.15. The van der Waals surface area contributed by atoms with Gasteiger partial charge in [0.15, 0.2) is 0 Å². The van der Waals surface area contributed by atoms with Crippen LogP contribution in [-0.2, 0) is 16.0 Å². The zero-order valence-electron chi connectivity index (χ0n) is 8.92. The van der Waals surface area contributed by atoms with Crippen molar-refractivity contribution in [3.8, 4) is 0 Å². The molecule has 16 heavy (non-hydrogen) atoms. The Hall–Kier alpha value is -1.48. The molecule has 0 aliphatic carbocycles. The molecule has 0 atom stereocenters. The topological polar surface area (TPSA) is 42.1 Å². The number of ether oxygens (including phenoxy) is 1. The molecule has 1 aromatic heterocycles. The third-order valence-electron chi connectivity index (χ3n) is 2.56. The standard InChI is InChI=1S/C12H12ClNO2/c1-16-12(15)5-2-8-7-14-11-4-3-9(13)6-10(8)11/h3-4,6-7,14H,2,5H2,1H3. The Labute approximate surface area is 98.4 Å². The second-order valence-electron chi connectivity index (χ2n) is 3.58. The first-order chi connectivity index (χ1) is 7.70. The van der Waals surface area contributed by atoms with Crippen LogP contribution in [0, 0.1) is 0 Å². The molecule has 0 aliphatic heterocycles. The Morgan fingerprint density at radius 2 is 2.31 bits per heavy atom. The molecule has 1 aromatic carbocycles. The van der Waals surface area contributed by atoms with Gasteiger partial charge in [-0.2, -0.15) is 0 Å². The summed E-state index contributed by atoms with van der Waals surface area (Å²) in [5, 5.41) is 1.77. The number of halogens is 1. The van der Waals surface area contributed by atoms with Crippen LogP contribution in [0.3, 0.4) is 0 Å². The maximum absolute atomic E-state index is 11.1. The lowest BCUT2D eigenvalue weighted by Gasteiger charge is -1.99. The van der Waals surface area contributed by atoms with E-state index in [0.29, 0.717) is 17.9 Å². The minimum Gasteiger partial charge on any atom is -0.469 e. The number of hydrogen-bond acceptors (Lipinski definition) is 2. The van der Waals surface area contributed by atoms with Crippen LogP contribution in [0.4, 0.5) is 0 Å². The van der Waals surface area contributed by atoms with Crippen molar-refractivity contribution in [1.82, 2.24) is 4.98 Å². The maximum Gasteiger partial charge on any atom is 0.305 e. The number of aromatic amines is 1.